The van der Waals surface area contributed by atoms with Gasteiger partial charge in [0, 0.05) is 32.6 Å². The Morgan fingerprint density at radius 2 is 1.89 bits per heavy atom. The van der Waals surface area contributed by atoms with Gasteiger partial charge < -0.3 is 11.1 Å². The third-order valence-corrected chi connectivity index (χ3v) is 5.01. The number of nitrogens with two attached hydrogens (primary N) is 1. The van der Waals surface area contributed by atoms with Crippen LogP contribution in [0.1, 0.15) is 20.8 Å². The molecular weight excluding hydrogens is 363 g/mol. The van der Waals surface area contributed by atoms with Gasteiger partial charge in [0.2, 0.25) is 11.8 Å². The largest absolute Gasteiger partial charge is 0.366 e. The first-order chi connectivity index (χ1) is 12.9. The molecule has 2 amide bonds. The standard InChI is InChI=1S/C21H17FN2O2S/c1-13-12-14(6-9-16(13)21(23)26)24-20(25)11-8-15-7-10-19(27-15)17-4-2-3-5-18(17)22/h2-12H,1H3,(H2,23,26)(H,24,25)/b11-8+. The molecule has 3 N–H and O–H groups in total. The molecule has 6 heteroatoms. The van der Waals surface area contributed by atoms with Crippen LogP contribution in [-0.4, -0.2) is 11.8 Å². The maximum Gasteiger partial charge on any atom is 0.248 e. The number of hydrogen-bond donors (Lipinski definition) is 2. The lowest BCUT2D eigenvalue weighted by Gasteiger charge is -2.06. The molecule has 0 aliphatic rings. The lowest BCUT2D eigenvalue weighted by Crippen LogP contribution is -2.13. The Bertz CT molecular complexity index is 1040. The van der Waals surface area contributed by atoms with Crippen LogP contribution in [0.3, 0.4) is 0 Å². The SMILES string of the molecule is Cc1cc(NC(=O)/C=C/c2ccc(-c3ccccc3F)s2)ccc1C(N)=O. The number of thiophene rings is 1. The molecule has 0 spiro atoms. The van der Waals surface area contributed by atoms with Crippen molar-refractivity contribution in [2.75, 3.05) is 5.32 Å². The van der Waals surface area contributed by atoms with E-state index in [9.17, 15) is 14.0 Å². The van der Waals surface area contributed by atoms with E-state index < -0.39 is 5.91 Å². The number of anilines is 1. The molecule has 0 unspecified atom stereocenters. The number of hydrogen-bond acceptors (Lipinski definition) is 3. The molecular formula is C21H17FN2O2S. The normalized spacial score (nSPS) is 10.9. The molecule has 0 saturated heterocycles. The zero-order valence-corrected chi connectivity index (χ0v) is 15.3. The maximum absolute atomic E-state index is 13.8. The van der Waals surface area contributed by atoms with E-state index in [1.165, 1.54) is 23.5 Å². The molecule has 0 aliphatic carbocycles. The van der Waals surface area contributed by atoms with Gasteiger partial charge in [-0.15, -0.1) is 11.3 Å². The minimum absolute atomic E-state index is 0.276. The topological polar surface area (TPSA) is 72.2 Å². The Labute approximate surface area is 160 Å². The van der Waals surface area contributed by atoms with Gasteiger partial charge in [0.1, 0.15) is 5.82 Å². The van der Waals surface area contributed by atoms with E-state index in [0.717, 1.165) is 9.75 Å². The second kappa shape index (κ2) is 7.97. The predicted molar refractivity (Wildman–Crippen MR) is 107 cm³/mol. The Morgan fingerprint density at radius 1 is 1.11 bits per heavy atom. The van der Waals surface area contributed by atoms with Gasteiger partial charge in [-0.3, -0.25) is 9.59 Å². The number of nitrogens with one attached hydrogen (secondary N) is 1. The second-order valence-corrected chi connectivity index (χ2v) is 7.01. The van der Waals surface area contributed by atoms with E-state index in [2.05, 4.69) is 5.32 Å². The molecule has 0 atom stereocenters. The molecule has 0 fully saturated rings. The summed E-state index contributed by atoms with van der Waals surface area (Å²) in [5.41, 5.74) is 7.50. The van der Waals surface area contributed by atoms with Gasteiger partial charge in [-0.1, -0.05) is 18.2 Å². The summed E-state index contributed by atoms with van der Waals surface area (Å²) >= 11 is 1.40. The Kier molecular flexibility index (Phi) is 5.47. The number of benzene rings is 2. The maximum atomic E-state index is 13.8. The molecule has 3 rings (SSSR count). The Morgan fingerprint density at radius 3 is 2.59 bits per heavy atom. The molecule has 3 aromatic rings. The van der Waals surface area contributed by atoms with Gasteiger partial charge >= 0.3 is 0 Å². The molecule has 4 nitrogen and oxygen atoms in total. The summed E-state index contributed by atoms with van der Waals surface area (Å²) in [4.78, 5) is 25.0. The highest BCUT2D eigenvalue weighted by atomic mass is 32.1. The molecule has 0 saturated carbocycles. The molecule has 0 bridgehead atoms. The summed E-state index contributed by atoms with van der Waals surface area (Å²) in [5, 5.41) is 2.73. The first-order valence-corrected chi connectivity index (χ1v) is 9.00. The fourth-order valence-electron chi connectivity index (χ4n) is 2.61. The number of carbonyl (C=O) groups is 2. The van der Waals surface area contributed by atoms with Crippen molar-refractivity contribution in [2.24, 2.45) is 5.73 Å². The lowest BCUT2D eigenvalue weighted by atomic mass is 10.1. The molecule has 136 valence electrons. The lowest BCUT2D eigenvalue weighted by molar-refractivity contribution is -0.111. The van der Waals surface area contributed by atoms with Crippen LogP contribution in [0.25, 0.3) is 16.5 Å². The van der Waals surface area contributed by atoms with E-state index in [4.69, 9.17) is 5.73 Å². The van der Waals surface area contributed by atoms with E-state index in [1.807, 2.05) is 12.1 Å². The molecule has 1 aromatic heterocycles. The number of amides is 2. The quantitative estimate of drug-likeness (QED) is 0.634. The van der Waals surface area contributed by atoms with Gasteiger partial charge in [0.25, 0.3) is 0 Å². The summed E-state index contributed by atoms with van der Waals surface area (Å²) in [5.74, 6) is -1.09. The summed E-state index contributed by atoms with van der Waals surface area (Å²) < 4.78 is 13.8. The summed E-state index contributed by atoms with van der Waals surface area (Å²) in [7, 11) is 0. The van der Waals surface area contributed by atoms with Crippen molar-refractivity contribution in [1.82, 2.24) is 0 Å². The van der Waals surface area contributed by atoms with E-state index in [-0.39, 0.29) is 11.7 Å². The van der Waals surface area contributed by atoms with Crippen molar-refractivity contribution < 1.29 is 14.0 Å². The molecule has 0 aliphatic heterocycles. The molecule has 2 aromatic carbocycles. The van der Waals surface area contributed by atoms with Gasteiger partial charge in [0.05, 0.1) is 0 Å². The van der Waals surface area contributed by atoms with Gasteiger partial charge in [-0.2, -0.15) is 0 Å². The van der Waals surface area contributed by atoms with Crippen LogP contribution in [0.15, 0.2) is 60.7 Å². The summed E-state index contributed by atoms with van der Waals surface area (Å²) in [6, 6.07) is 15.1. The van der Waals surface area contributed by atoms with Crippen LogP contribution in [0.2, 0.25) is 0 Å². The highest BCUT2D eigenvalue weighted by molar-refractivity contribution is 7.16. The zero-order chi connectivity index (χ0) is 19.4. The predicted octanol–water partition coefficient (Wildman–Crippen LogP) is 4.61. The first-order valence-electron chi connectivity index (χ1n) is 8.18. The molecule has 1 heterocycles. The first kappa shape index (κ1) is 18.5. The number of halogens is 1. The number of rotatable bonds is 5. The zero-order valence-electron chi connectivity index (χ0n) is 14.5. The molecule has 27 heavy (non-hydrogen) atoms. The second-order valence-electron chi connectivity index (χ2n) is 5.90. The third kappa shape index (κ3) is 4.48. The van der Waals surface area contributed by atoms with E-state index >= 15 is 0 Å². The number of primary amides is 1. The minimum atomic E-state index is -0.506. The van der Waals surface area contributed by atoms with Crippen molar-refractivity contribution in [3.05, 3.63) is 82.5 Å². The summed E-state index contributed by atoms with van der Waals surface area (Å²) in [6.45, 7) is 1.75. The number of aryl methyl sites for hydroxylation is 1. The van der Waals surface area contributed by atoms with Gasteiger partial charge in [-0.25, -0.2) is 4.39 Å². The van der Waals surface area contributed by atoms with Crippen LogP contribution < -0.4 is 11.1 Å². The molecule has 0 radical (unpaired) electrons. The van der Waals surface area contributed by atoms with Crippen LogP contribution in [0, 0.1) is 12.7 Å². The average molecular weight is 380 g/mol. The highest BCUT2D eigenvalue weighted by Gasteiger charge is 2.08. The number of carbonyl (C=O) groups excluding carboxylic acids is 2. The Balaban J connectivity index is 1.68. The third-order valence-electron chi connectivity index (χ3n) is 3.92. The van der Waals surface area contributed by atoms with E-state index in [0.29, 0.717) is 22.4 Å². The fraction of sp³-hybridized carbons (Fsp3) is 0.0476. The van der Waals surface area contributed by atoms with E-state index in [1.54, 1.807) is 49.4 Å². The van der Waals surface area contributed by atoms with Crippen LogP contribution >= 0.6 is 11.3 Å². The van der Waals surface area contributed by atoms with Crippen LogP contribution in [0.4, 0.5) is 10.1 Å². The van der Waals surface area contributed by atoms with Crippen molar-refractivity contribution in [1.29, 1.82) is 0 Å². The van der Waals surface area contributed by atoms with Gasteiger partial charge in [-0.05, 0) is 55.0 Å². The van der Waals surface area contributed by atoms with Gasteiger partial charge in [0.15, 0.2) is 0 Å². The van der Waals surface area contributed by atoms with Crippen LogP contribution in [-0.2, 0) is 4.79 Å². The average Bonchev–Trinajstić information content (AvgIpc) is 3.09. The van der Waals surface area contributed by atoms with Crippen molar-refractivity contribution in [2.45, 2.75) is 6.92 Å². The highest BCUT2D eigenvalue weighted by Crippen LogP contribution is 2.30. The fourth-order valence-corrected chi connectivity index (χ4v) is 3.55. The minimum Gasteiger partial charge on any atom is -0.366 e. The van der Waals surface area contributed by atoms with Crippen LogP contribution in [0.5, 0.6) is 0 Å². The van der Waals surface area contributed by atoms with Crippen molar-refractivity contribution in [3.63, 3.8) is 0 Å². The smallest absolute Gasteiger partial charge is 0.248 e. The van der Waals surface area contributed by atoms with Crippen molar-refractivity contribution in [3.8, 4) is 10.4 Å². The monoisotopic (exact) mass is 380 g/mol. The van der Waals surface area contributed by atoms with Crippen molar-refractivity contribution >= 4 is 34.9 Å². The summed E-state index contributed by atoms with van der Waals surface area (Å²) in [6.07, 6.45) is 3.09. The Hall–Kier alpha value is -3.25.